The Bertz CT molecular complexity index is 442. The van der Waals surface area contributed by atoms with Gasteiger partial charge in [0.25, 0.3) is 0 Å². The fraction of sp³-hybridized carbons (Fsp3) is 0.462. The number of nitrogens with zero attached hydrogens (tertiary/aromatic N) is 1. The zero-order valence-corrected chi connectivity index (χ0v) is 9.50. The van der Waals surface area contributed by atoms with Crippen LogP contribution >= 0.6 is 0 Å². The molecule has 17 heavy (non-hydrogen) atoms. The van der Waals surface area contributed by atoms with E-state index in [-0.39, 0.29) is 17.9 Å². The van der Waals surface area contributed by atoms with Crippen LogP contribution in [0.5, 0.6) is 5.75 Å². The number of carbonyl (C=O) groups excluding carboxylic acids is 1. The van der Waals surface area contributed by atoms with Crippen molar-refractivity contribution in [2.45, 2.75) is 31.4 Å². The molecule has 2 aliphatic rings. The average molecular weight is 233 g/mol. The van der Waals surface area contributed by atoms with E-state index >= 15 is 0 Å². The van der Waals surface area contributed by atoms with Gasteiger partial charge in [0.05, 0.1) is 6.54 Å². The molecule has 1 aromatic carbocycles. The lowest BCUT2D eigenvalue weighted by molar-refractivity contribution is 0.117. The monoisotopic (exact) mass is 233 g/mol. The highest BCUT2D eigenvalue weighted by Crippen LogP contribution is 2.36. The Balaban J connectivity index is 1.78. The van der Waals surface area contributed by atoms with Crippen LogP contribution in [0.25, 0.3) is 0 Å². The van der Waals surface area contributed by atoms with Crippen molar-refractivity contribution in [1.82, 2.24) is 4.90 Å². The van der Waals surface area contributed by atoms with Gasteiger partial charge in [0, 0.05) is 11.6 Å². The molecule has 1 aliphatic heterocycles. The zero-order chi connectivity index (χ0) is 11.8. The summed E-state index contributed by atoms with van der Waals surface area (Å²) < 4.78 is 5.32. The zero-order valence-electron chi connectivity index (χ0n) is 9.50. The van der Waals surface area contributed by atoms with Crippen molar-refractivity contribution < 1.29 is 14.6 Å². The Morgan fingerprint density at radius 2 is 2.06 bits per heavy atom. The van der Waals surface area contributed by atoms with E-state index in [1.165, 1.54) is 6.42 Å². The number of amides is 1. The highest BCUT2D eigenvalue weighted by Gasteiger charge is 2.39. The van der Waals surface area contributed by atoms with E-state index in [0.717, 1.165) is 12.8 Å². The number of ether oxygens (including phenoxy) is 1. The van der Waals surface area contributed by atoms with Crippen molar-refractivity contribution in [2.75, 3.05) is 6.54 Å². The third-order valence-electron chi connectivity index (χ3n) is 3.64. The minimum Gasteiger partial charge on any atom is -0.508 e. The number of rotatable bonds is 2. The lowest BCUT2D eigenvalue weighted by Gasteiger charge is -2.32. The van der Waals surface area contributed by atoms with E-state index in [0.29, 0.717) is 18.2 Å². The highest BCUT2D eigenvalue weighted by atomic mass is 16.6. The first kappa shape index (κ1) is 10.4. The van der Waals surface area contributed by atoms with Gasteiger partial charge in [-0.25, -0.2) is 4.79 Å². The van der Waals surface area contributed by atoms with E-state index in [1.807, 2.05) is 6.07 Å². The van der Waals surface area contributed by atoms with Gasteiger partial charge in [-0.05, 0) is 25.3 Å². The highest BCUT2D eigenvalue weighted by molar-refractivity contribution is 5.71. The fourth-order valence-corrected chi connectivity index (χ4v) is 2.40. The Labute approximate surface area is 99.8 Å². The number of aromatic hydroxyl groups is 1. The Morgan fingerprint density at radius 1 is 1.29 bits per heavy atom. The maximum absolute atomic E-state index is 11.7. The van der Waals surface area contributed by atoms with E-state index in [9.17, 15) is 9.90 Å². The number of hydrogen-bond donors (Lipinski definition) is 1. The van der Waals surface area contributed by atoms with Gasteiger partial charge >= 0.3 is 6.09 Å². The molecule has 3 rings (SSSR count). The average Bonchev–Trinajstić information content (AvgIpc) is 2.59. The molecule has 1 heterocycles. The number of cyclic esters (lactones) is 1. The van der Waals surface area contributed by atoms with Crippen molar-refractivity contribution >= 4 is 6.09 Å². The third-order valence-corrected chi connectivity index (χ3v) is 3.64. The largest absolute Gasteiger partial charge is 0.508 e. The second kappa shape index (κ2) is 3.95. The van der Waals surface area contributed by atoms with Crippen LogP contribution in [0.15, 0.2) is 24.3 Å². The minimum absolute atomic E-state index is 0.195. The molecule has 1 aliphatic carbocycles. The molecule has 1 saturated carbocycles. The number of carbonyl (C=O) groups is 1. The summed E-state index contributed by atoms with van der Waals surface area (Å²) in [6.45, 7) is 0.557. The Kier molecular flexibility index (Phi) is 2.42. The molecule has 2 fully saturated rings. The summed E-state index contributed by atoms with van der Waals surface area (Å²) in [7, 11) is 0. The topological polar surface area (TPSA) is 49.8 Å². The van der Waals surface area contributed by atoms with Gasteiger partial charge in [-0.1, -0.05) is 18.2 Å². The number of phenols is 1. The quantitative estimate of drug-likeness (QED) is 0.853. The molecule has 1 N–H and O–H groups in total. The second-order valence-electron chi connectivity index (χ2n) is 4.67. The number of phenolic OH excluding ortho intramolecular Hbond substituents is 1. The summed E-state index contributed by atoms with van der Waals surface area (Å²) in [6.07, 6.45) is 2.76. The van der Waals surface area contributed by atoms with Gasteiger partial charge in [0.2, 0.25) is 0 Å². The summed E-state index contributed by atoms with van der Waals surface area (Å²) in [4.78, 5) is 13.5. The van der Waals surface area contributed by atoms with Gasteiger partial charge in [-0.15, -0.1) is 0 Å². The van der Waals surface area contributed by atoms with E-state index < -0.39 is 0 Å². The summed E-state index contributed by atoms with van der Waals surface area (Å²) in [5, 5.41) is 9.74. The molecule has 0 aromatic heterocycles. The fourth-order valence-electron chi connectivity index (χ4n) is 2.40. The van der Waals surface area contributed by atoms with Crippen LogP contribution in [0.4, 0.5) is 4.79 Å². The van der Waals surface area contributed by atoms with Crippen molar-refractivity contribution in [2.24, 2.45) is 0 Å². The van der Waals surface area contributed by atoms with Gasteiger partial charge in [0.1, 0.15) is 11.9 Å². The molecular formula is C13H15NO3. The molecule has 0 bridgehead atoms. The molecule has 4 heteroatoms. The molecule has 1 saturated heterocycles. The first-order valence-electron chi connectivity index (χ1n) is 6.01. The maximum atomic E-state index is 11.7. The molecule has 0 spiro atoms. The molecule has 90 valence electrons. The standard InChI is InChI=1S/C13H15NO3/c15-11-7-2-1-6-10(11)12-8-14(13(16)17-12)9-4-3-5-9/h1-2,6-7,9,12,15H,3-5,8H2. The molecule has 4 nitrogen and oxygen atoms in total. The van der Waals surface area contributed by atoms with Gasteiger partial charge in [0.15, 0.2) is 0 Å². The smallest absolute Gasteiger partial charge is 0.410 e. The van der Waals surface area contributed by atoms with Crippen molar-refractivity contribution in [3.05, 3.63) is 29.8 Å². The van der Waals surface area contributed by atoms with E-state index in [4.69, 9.17) is 4.74 Å². The van der Waals surface area contributed by atoms with E-state index in [2.05, 4.69) is 0 Å². The van der Waals surface area contributed by atoms with Crippen molar-refractivity contribution in [3.63, 3.8) is 0 Å². The van der Waals surface area contributed by atoms with Crippen LogP contribution in [0.1, 0.15) is 30.9 Å². The SMILES string of the molecule is O=C1OC(c2ccccc2O)CN1C1CCC1. The summed E-state index contributed by atoms with van der Waals surface area (Å²) >= 11 is 0. The van der Waals surface area contributed by atoms with Crippen LogP contribution < -0.4 is 0 Å². The summed E-state index contributed by atoms with van der Waals surface area (Å²) in [6, 6.07) is 7.37. The first-order chi connectivity index (χ1) is 8.25. The van der Waals surface area contributed by atoms with Crippen LogP contribution in [0.2, 0.25) is 0 Å². The summed E-state index contributed by atoms with van der Waals surface area (Å²) in [5.74, 6) is 0.195. The molecule has 1 amide bonds. The lowest BCUT2D eigenvalue weighted by Crippen LogP contribution is -2.40. The Hall–Kier alpha value is -1.71. The molecule has 1 unspecified atom stereocenters. The second-order valence-corrected chi connectivity index (χ2v) is 4.67. The van der Waals surface area contributed by atoms with E-state index in [1.54, 1.807) is 23.1 Å². The third kappa shape index (κ3) is 1.73. The van der Waals surface area contributed by atoms with Gasteiger partial charge < -0.3 is 14.7 Å². The number of hydrogen-bond acceptors (Lipinski definition) is 3. The number of para-hydroxylation sites is 1. The van der Waals surface area contributed by atoms with Crippen LogP contribution in [-0.2, 0) is 4.74 Å². The molecule has 1 atom stereocenters. The van der Waals surface area contributed by atoms with Crippen LogP contribution in [0, 0.1) is 0 Å². The maximum Gasteiger partial charge on any atom is 0.410 e. The predicted octanol–water partition coefficient (Wildman–Crippen LogP) is 2.44. The molecule has 1 aromatic rings. The summed E-state index contributed by atoms with van der Waals surface area (Å²) in [5.41, 5.74) is 0.697. The van der Waals surface area contributed by atoms with Gasteiger partial charge in [-0.2, -0.15) is 0 Å². The number of benzene rings is 1. The van der Waals surface area contributed by atoms with Crippen molar-refractivity contribution in [3.8, 4) is 5.75 Å². The van der Waals surface area contributed by atoms with Crippen molar-refractivity contribution in [1.29, 1.82) is 0 Å². The predicted molar refractivity (Wildman–Crippen MR) is 61.7 cm³/mol. The molecule has 0 radical (unpaired) electrons. The van der Waals surface area contributed by atoms with Gasteiger partial charge in [-0.3, -0.25) is 0 Å². The lowest BCUT2D eigenvalue weighted by atomic mass is 9.91. The first-order valence-corrected chi connectivity index (χ1v) is 6.01. The van der Waals surface area contributed by atoms with Crippen LogP contribution in [0.3, 0.4) is 0 Å². The minimum atomic E-state index is -0.329. The Morgan fingerprint density at radius 3 is 2.71 bits per heavy atom. The molecular weight excluding hydrogens is 218 g/mol. The van der Waals surface area contributed by atoms with Crippen LogP contribution in [-0.4, -0.2) is 28.7 Å². The normalized spacial score (nSPS) is 24.6.